The molecule has 0 radical (unpaired) electrons. The Bertz CT molecular complexity index is 563. The van der Waals surface area contributed by atoms with E-state index >= 15 is 0 Å². The zero-order valence-electron chi connectivity index (χ0n) is 10.9. The van der Waals surface area contributed by atoms with Gasteiger partial charge < -0.3 is 4.74 Å². The summed E-state index contributed by atoms with van der Waals surface area (Å²) in [6.07, 6.45) is 3.04. The molecular weight excluding hydrogens is 246 g/mol. The summed E-state index contributed by atoms with van der Waals surface area (Å²) in [6.45, 7) is 2.00. The number of nitrogens with zero attached hydrogens (tertiary/aromatic N) is 1. The highest BCUT2D eigenvalue weighted by molar-refractivity contribution is 6.22. The number of ketones is 1. The van der Waals surface area contributed by atoms with Crippen molar-refractivity contribution in [3.63, 3.8) is 0 Å². The minimum Gasteiger partial charge on any atom is -0.497 e. The molecule has 0 N–H and O–H groups in total. The van der Waals surface area contributed by atoms with Crippen molar-refractivity contribution in [2.24, 2.45) is 5.92 Å². The maximum absolute atomic E-state index is 12.0. The summed E-state index contributed by atoms with van der Waals surface area (Å²) in [5.41, 5.74) is 0.722. The van der Waals surface area contributed by atoms with Crippen LogP contribution in [0.15, 0.2) is 24.3 Å². The SMILES string of the molecule is COc1ccc([N+](=O)[O-])c(C2=CC(C)CCC2=O)c1. The topological polar surface area (TPSA) is 69.4 Å². The normalized spacial score (nSPS) is 18.9. The van der Waals surface area contributed by atoms with Gasteiger partial charge >= 0.3 is 0 Å². The Morgan fingerprint density at radius 1 is 1.42 bits per heavy atom. The zero-order chi connectivity index (χ0) is 14.0. The molecule has 19 heavy (non-hydrogen) atoms. The van der Waals surface area contributed by atoms with Crippen molar-refractivity contribution in [3.8, 4) is 5.75 Å². The van der Waals surface area contributed by atoms with Crippen molar-refractivity contribution in [2.75, 3.05) is 7.11 Å². The van der Waals surface area contributed by atoms with E-state index in [0.29, 0.717) is 23.3 Å². The quantitative estimate of drug-likeness (QED) is 0.619. The highest BCUT2D eigenvalue weighted by Gasteiger charge is 2.25. The fraction of sp³-hybridized carbons (Fsp3) is 0.357. The Hall–Kier alpha value is -2.17. The van der Waals surface area contributed by atoms with Crippen molar-refractivity contribution in [3.05, 3.63) is 40.0 Å². The Kier molecular flexibility index (Phi) is 3.64. The van der Waals surface area contributed by atoms with Gasteiger partial charge in [0.2, 0.25) is 0 Å². The number of carbonyl (C=O) groups excluding carboxylic acids is 1. The van der Waals surface area contributed by atoms with E-state index in [2.05, 4.69) is 0 Å². The molecule has 0 bridgehead atoms. The lowest BCUT2D eigenvalue weighted by molar-refractivity contribution is -0.385. The minimum absolute atomic E-state index is 0.0468. The van der Waals surface area contributed by atoms with Crippen molar-refractivity contribution in [1.29, 1.82) is 0 Å². The van der Waals surface area contributed by atoms with Crippen LogP contribution in [0.5, 0.6) is 5.75 Å². The van der Waals surface area contributed by atoms with Gasteiger partial charge in [0.15, 0.2) is 5.78 Å². The number of carbonyl (C=O) groups is 1. The molecule has 0 aromatic heterocycles. The molecule has 5 nitrogen and oxygen atoms in total. The fourth-order valence-corrected chi connectivity index (χ4v) is 2.21. The van der Waals surface area contributed by atoms with Gasteiger partial charge in [-0.2, -0.15) is 0 Å². The van der Waals surface area contributed by atoms with E-state index in [4.69, 9.17) is 4.74 Å². The van der Waals surface area contributed by atoms with Crippen molar-refractivity contribution in [2.45, 2.75) is 19.8 Å². The molecule has 0 amide bonds. The van der Waals surface area contributed by atoms with Crippen LogP contribution in [-0.2, 0) is 4.79 Å². The van der Waals surface area contributed by atoms with Crippen LogP contribution in [-0.4, -0.2) is 17.8 Å². The van der Waals surface area contributed by atoms with E-state index in [1.807, 2.05) is 13.0 Å². The summed E-state index contributed by atoms with van der Waals surface area (Å²) >= 11 is 0. The molecule has 1 unspecified atom stereocenters. The Morgan fingerprint density at radius 3 is 2.79 bits per heavy atom. The third-order valence-electron chi connectivity index (χ3n) is 3.27. The van der Waals surface area contributed by atoms with Gasteiger partial charge in [-0.15, -0.1) is 0 Å². The lowest BCUT2D eigenvalue weighted by atomic mass is 9.86. The lowest BCUT2D eigenvalue weighted by Crippen LogP contribution is -2.12. The van der Waals surface area contributed by atoms with Crippen LogP contribution in [0.4, 0.5) is 5.69 Å². The molecule has 0 saturated heterocycles. The summed E-state index contributed by atoms with van der Waals surface area (Å²) in [6, 6.07) is 4.46. The van der Waals surface area contributed by atoms with Crippen molar-refractivity contribution >= 4 is 17.0 Å². The van der Waals surface area contributed by atoms with Crippen LogP contribution in [0.2, 0.25) is 0 Å². The third-order valence-corrected chi connectivity index (χ3v) is 3.27. The first-order valence-corrected chi connectivity index (χ1v) is 6.10. The number of ether oxygens (including phenoxy) is 1. The Morgan fingerprint density at radius 2 is 2.16 bits per heavy atom. The monoisotopic (exact) mass is 261 g/mol. The van der Waals surface area contributed by atoms with E-state index in [1.54, 1.807) is 6.07 Å². The van der Waals surface area contributed by atoms with Gasteiger partial charge in [-0.1, -0.05) is 13.0 Å². The third kappa shape index (κ3) is 2.65. The molecule has 1 aliphatic carbocycles. The van der Waals surface area contributed by atoms with E-state index in [9.17, 15) is 14.9 Å². The van der Waals surface area contributed by atoms with E-state index in [-0.39, 0.29) is 17.4 Å². The molecule has 1 aromatic rings. The first-order valence-electron chi connectivity index (χ1n) is 6.10. The molecule has 100 valence electrons. The molecule has 1 atom stereocenters. The van der Waals surface area contributed by atoms with E-state index in [0.717, 1.165) is 6.42 Å². The number of allylic oxidation sites excluding steroid dienone is 2. The predicted molar refractivity (Wildman–Crippen MR) is 71.0 cm³/mol. The first kappa shape index (κ1) is 13.3. The van der Waals surface area contributed by atoms with Crippen LogP contribution in [0.25, 0.3) is 5.57 Å². The summed E-state index contributed by atoms with van der Waals surface area (Å²) in [7, 11) is 1.49. The molecule has 0 saturated carbocycles. The average molecular weight is 261 g/mol. The minimum atomic E-state index is -0.470. The number of methoxy groups -OCH3 is 1. The Labute approximate surface area is 111 Å². The maximum atomic E-state index is 12.0. The number of nitro benzene ring substituents is 1. The van der Waals surface area contributed by atoms with Gasteiger partial charge in [-0.3, -0.25) is 14.9 Å². The van der Waals surface area contributed by atoms with Crippen LogP contribution in [0.3, 0.4) is 0 Å². The van der Waals surface area contributed by atoms with Crippen LogP contribution < -0.4 is 4.74 Å². The molecule has 2 rings (SSSR count). The molecule has 1 aromatic carbocycles. The van der Waals surface area contributed by atoms with Gasteiger partial charge in [0.25, 0.3) is 5.69 Å². The highest BCUT2D eigenvalue weighted by Crippen LogP contribution is 2.34. The van der Waals surface area contributed by atoms with E-state index in [1.165, 1.54) is 19.2 Å². The van der Waals surface area contributed by atoms with E-state index < -0.39 is 4.92 Å². The number of rotatable bonds is 3. The summed E-state index contributed by atoms with van der Waals surface area (Å²) < 4.78 is 5.08. The van der Waals surface area contributed by atoms with Crippen molar-refractivity contribution in [1.82, 2.24) is 0 Å². The zero-order valence-corrected chi connectivity index (χ0v) is 10.9. The molecular formula is C14H15NO4. The van der Waals surface area contributed by atoms with Crippen molar-refractivity contribution < 1.29 is 14.5 Å². The Balaban J connectivity index is 2.58. The smallest absolute Gasteiger partial charge is 0.277 e. The van der Waals surface area contributed by atoms with Crippen LogP contribution in [0, 0.1) is 16.0 Å². The van der Waals surface area contributed by atoms with Gasteiger partial charge in [0.1, 0.15) is 5.75 Å². The molecule has 0 heterocycles. The maximum Gasteiger partial charge on any atom is 0.277 e. The van der Waals surface area contributed by atoms with Gasteiger partial charge in [-0.25, -0.2) is 0 Å². The van der Waals surface area contributed by atoms with Crippen LogP contribution in [0.1, 0.15) is 25.3 Å². The second-order valence-corrected chi connectivity index (χ2v) is 4.66. The highest BCUT2D eigenvalue weighted by atomic mass is 16.6. The summed E-state index contributed by atoms with van der Waals surface area (Å²) in [5, 5.41) is 11.1. The number of hydrogen-bond donors (Lipinski definition) is 0. The standard InChI is InChI=1S/C14H15NO4/c1-9-3-6-14(16)12(7-9)11-8-10(19-2)4-5-13(11)15(17)18/h4-5,7-9H,3,6H2,1-2H3. The molecule has 1 aliphatic rings. The average Bonchev–Trinajstić information content (AvgIpc) is 2.40. The molecule has 0 aliphatic heterocycles. The number of nitro groups is 1. The summed E-state index contributed by atoms with van der Waals surface area (Å²) in [5.74, 6) is 0.709. The first-order chi connectivity index (χ1) is 9.02. The predicted octanol–water partition coefficient (Wildman–Crippen LogP) is 2.99. The number of benzene rings is 1. The second-order valence-electron chi connectivity index (χ2n) is 4.66. The number of Topliss-reactive ketones (excluding diaryl/α,β-unsaturated/α-hetero) is 1. The van der Waals surface area contributed by atoms with Gasteiger partial charge in [0.05, 0.1) is 17.6 Å². The molecule has 0 fully saturated rings. The molecule has 0 spiro atoms. The van der Waals surface area contributed by atoms with Gasteiger partial charge in [-0.05, 0) is 24.5 Å². The largest absolute Gasteiger partial charge is 0.497 e. The lowest BCUT2D eigenvalue weighted by Gasteiger charge is -2.17. The fourth-order valence-electron chi connectivity index (χ4n) is 2.21. The van der Waals surface area contributed by atoms with Gasteiger partial charge in [0, 0.05) is 18.1 Å². The molecule has 5 heteroatoms. The number of hydrogen-bond acceptors (Lipinski definition) is 4. The summed E-state index contributed by atoms with van der Waals surface area (Å²) in [4.78, 5) is 22.6. The van der Waals surface area contributed by atoms with Crippen LogP contribution >= 0.6 is 0 Å². The second kappa shape index (κ2) is 5.22.